The molecule has 0 saturated heterocycles. The van der Waals surface area contributed by atoms with Crippen molar-refractivity contribution in [3.05, 3.63) is 95.2 Å². The van der Waals surface area contributed by atoms with E-state index in [4.69, 9.17) is 14.2 Å². The second kappa shape index (κ2) is 9.58. The molecule has 0 aliphatic carbocycles. The summed E-state index contributed by atoms with van der Waals surface area (Å²) in [6.07, 6.45) is 0. The number of fused-ring (bicyclic) bond motifs is 1. The molecule has 4 aromatic rings. The molecule has 1 aromatic heterocycles. The number of benzene rings is 3. The third-order valence-corrected chi connectivity index (χ3v) is 6.21. The van der Waals surface area contributed by atoms with E-state index in [0.717, 1.165) is 16.7 Å². The number of ether oxygens (including phenoxy) is 3. The molecule has 0 spiro atoms. The third-order valence-electron chi connectivity index (χ3n) is 6.21. The number of hydrogen-bond acceptors (Lipinski definition) is 6. The minimum atomic E-state index is -0.532. The first kappa shape index (κ1) is 23.2. The lowest BCUT2D eigenvalue weighted by Gasteiger charge is -2.28. The number of carbonyl (C=O) groups is 2. The van der Waals surface area contributed by atoms with Crippen LogP contribution in [-0.2, 0) is 4.74 Å². The van der Waals surface area contributed by atoms with E-state index in [1.165, 1.54) is 0 Å². The minimum absolute atomic E-state index is 0.230. The van der Waals surface area contributed by atoms with Gasteiger partial charge in [0.1, 0.15) is 17.2 Å². The van der Waals surface area contributed by atoms with Gasteiger partial charge >= 0.3 is 5.97 Å². The van der Waals surface area contributed by atoms with Gasteiger partial charge in [-0.2, -0.15) is 5.10 Å². The summed E-state index contributed by atoms with van der Waals surface area (Å²) >= 11 is 0. The lowest BCUT2D eigenvalue weighted by atomic mass is 9.95. The van der Waals surface area contributed by atoms with E-state index in [-0.39, 0.29) is 12.5 Å². The zero-order valence-electron chi connectivity index (χ0n) is 20.1. The summed E-state index contributed by atoms with van der Waals surface area (Å²) in [5, 5.41) is 7.47. The lowest BCUT2D eigenvalue weighted by Crippen LogP contribution is -2.29. The van der Waals surface area contributed by atoms with E-state index in [9.17, 15) is 9.59 Å². The van der Waals surface area contributed by atoms with Crippen molar-refractivity contribution in [1.29, 1.82) is 0 Å². The van der Waals surface area contributed by atoms with Crippen LogP contribution in [0, 0.1) is 0 Å². The number of methoxy groups -OCH3 is 2. The summed E-state index contributed by atoms with van der Waals surface area (Å²) in [7, 11) is 3.18. The molecule has 1 atom stereocenters. The quantitative estimate of drug-likeness (QED) is 0.371. The number of carbonyl (C=O) groups excluding carboxylic acids is 2. The SMILES string of the molecule is CCOC(=O)c1ccc(N2C(=O)c3[nH]nc(-c4ccccc4)c3[C@H]2c2ccc(OC)cc2OC)cc1. The molecule has 8 heteroatoms. The predicted octanol–water partition coefficient (Wildman–Crippen LogP) is 5.02. The maximum absolute atomic E-state index is 13.8. The number of nitrogens with one attached hydrogen (secondary N) is 1. The van der Waals surface area contributed by atoms with E-state index < -0.39 is 12.0 Å². The van der Waals surface area contributed by atoms with E-state index in [1.807, 2.05) is 42.5 Å². The van der Waals surface area contributed by atoms with Gasteiger partial charge < -0.3 is 14.2 Å². The Morgan fingerprint density at radius 2 is 1.75 bits per heavy atom. The van der Waals surface area contributed by atoms with Crippen molar-refractivity contribution in [1.82, 2.24) is 10.2 Å². The topological polar surface area (TPSA) is 93.8 Å². The number of nitrogens with zero attached hydrogens (tertiary/aromatic N) is 2. The first-order chi connectivity index (χ1) is 17.6. The number of hydrogen-bond donors (Lipinski definition) is 1. The van der Waals surface area contributed by atoms with E-state index in [2.05, 4.69) is 10.2 Å². The van der Waals surface area contributed by atoms with Gasteiger partial charge in [0, 0.05) is 28.4 Å². The van der Waals surface area contributed by atoms with Gasteiger partial charge in [-0.15, -0.1) is 0 Å². The van der Waals surface area contributed by atoms with Crippen LogP contribution < -0.4 is 14.4 Å². The highest BCUT2D eigenvalue weighted by atomic mass is 16.5. The highest BCUT2D eigenvalue weighted by Crippen LogP contribution is 2.47. The first-order valence-electron chi connectivity index (χ1n) is 11.5. The molecule has 5 rings (SSSR count). The smallest absolute Gasteiger partial charge is 0.338 e. The molecule has 3 aromatic carbocycles. The van der Waals surface area contributed by atoms with Crippen LogP contribution in [-0.4, -0.2) is 42.9 Å². The standard InChI is InChI=1S/C28H25N3O5/c1-4-36-28(33)18-10-12-19(13-11-18)31-26(21-15-14-20(34-2)16-22(21)35-3)23-24(17-8-6-5-7-9-17)29-30-25(23)27(31)32/h5-16,26H,4H2,1-3H3,(H,29,30)/t26-/m1/s1. The molecule has 0 radical (unpaired) electrons. The normalized spacial score (nSPS) is 14.5. The highest BCUT2D eigenvalue weighted by molar-refractivity contribution is 6.12. The van der Waals surface area contributed by atoms with Crippen LogP contribution in [0.4, 0.5) is 5.69 Å². The zero-order chi connectivity index (χ0) is 25.2. The summed E-state index contributed by atoms with van der Waals surface area (Å²) in [5.41, 5.74) is 4.55. The Bertz CT molecular complexity index is 1410. The van der Waals surface area contributed by atoms with Crippen LogP contribution in [0.25, 0.3) is 11.3 Å². The summed E-state index contributed by atoms with van der Waals surface area (Å²) in [6.45, 7) is 2.04. The number of rotatable bonds is 7. The monoisotopic (exact) mass is 483 g/mol. The Hall–Kier alpha value is -4.59. The van der Waals surface area contributed by atoms with Crippen LogP contribution in [0.2, 0.25) is 0 Å². The lowest BCUT2D eigenvalue weighted by molar-refractivity contribution is 0.0526. The van der Waals surface area contributed by atoms with Crippen molar-refractivity contribution in [2.24, 2.45) is 0 Å². The number of amides is 1. The Balaban J connectivity index is 1.68. The van der Waals surface area contributed by atoms with E-state index in [0.29, 0.717) is 34.1 Å². The van der Waals surface area contributed by atoms with E-state index >= 15 is 0 Å². The number of anilines is 1. The fourth-order valence-corrected chi connectivity index (χ4v) is 4.54. The largest absolute Gasteiger partial charge is 0.497 e. The molecule has 8 nitrogen and oxygen atoms in total. The predicted molar refractivity (Wildman–Crippen MR) is 135 cm³/mol. The Kier molecular flexibility index (Phi) is 6.16. The molecular weight excluding hydrogens is 458 g/mol. The molecule has 1 aliphatic rings. The molecular formula is C28H25N3O5. The third kappa shape index (κ3) is 3.86. The molecule has 0 bridgehead atoms. The van der Waals surface area contributed by atoms with Gasteiger partial charge in [-0.25, -0.2) is 4.79 Å². The number of aromatic nitrogens is 2. The minimum Gasteiger partial charge on any atom is -0.497 e. The van der Waals surface area contributed by atoms with Gasteiger partial charge in [-0.3, -0.25) is 14.8 Å². The molecule has 1 N–H and O–H groups in total. The second-order valence-electron chi connectivity index (χ2n) is 8.18. The van der Waals surface area contributed by atoms with Crippen LogP contribution in [0.1, 0.15) is 44.9 Å². The fraction of sp³-hybridized carbons (Fsp3) is 0.179. The summed E-state index contributed by atoms with van der Waals surface area (Å²) in [5.74, 6) is 0.576. The molecule has 0 saturated carbocycles. The van der Waals surface area contributed by atoms with Crippen LogP contribution in [0.3, 0.4) is 0 Å². The van der Waals surface area contributed by atoms with Crippen LogP contribution in [0.15, 0.2) is 72.8 Å². The van der Waals surface area contributed by atoms with Crippen LogP contribution >= 0.6 is 0 Å². The van der Waals surface area contributed by atoms with Crippen molar-refractivity contribution in [3.63, 3.8) is 0 Å². The van der Waals surface area contributed by atoms with Crippen molar-refractivity contribution in [3.8, 4) is 22.8 Å². The van der Waals surface area contributed by atoms with Gasteiger partial charge in [0.05, 0.1) is 38.1 Å². The van der Waals surface area contributed by atoms with Gasteiger partial charge in [0.2, 0.25) is 0 Å². The Morgan fingerprint density at radius 1 is 1.00 bits per heavy atom. The molecule has 36 heavy (non-hydrogen) atoms. The summed E-state index contributed by atoms with van der Waals surface area (Å²) in [6, 6.07) is 21.5. The van der Waals surface area contributed by atoms with Crippen molar-refractivity contribution in [2.75, 3.05) is 25.7 Å². The maximum atomic E-state index is 13.8. The van der Waals surface area contributed by atoms with E-state index in [1.54, 1.807) is 56.4 Å². The molecule has 0 unspecified atom stereocenters. The number of esters is 1. The fourth-order valence-electron chi connectivity index (χ4n) is 4.54. The molecule has 0 fully saturated rings. The highest BCUT2D eigenvalue weighted by Gasteiger charge is 2.44. The summed E-state index contributed by atoms with van der Waals surface area (Å²) in [4.78, 5) is 27.6. The Morgan fingerprint density at radius 3 is 2.42 bits per heavy atom. The van der Waals surface area contributed by atoms with Gasteiger partial charge in [-0.1, -0.05) is 30.3 Å². The molecule has 2 heterocycles. The second-order valence-corrected chi connectivity index (χ2v) is 8.18. The van der Waals surface area contributed by atoms with Gasteiger partial charge in [-0.05, 0) is 43.3 Å². The van der Waals surface area contributed by atoms with Crippen LogP contribution in [0.5, 0.6) is 11.5 Å². The van der Waals surface area contributed by atoms with Crippen molar-refractivity contribution in [2.45, 2.75) is 13.0 Å². The van der Waals surface area contributed by atoms with Crippen molar-refractivity contribution < 1.29 is 23.8 Å². The Labute approximate surface area is 208 Å². The zero-order valence-corrected chi connectivity index (χ0v) is 20.1. The number of H-pyrrole nitrogens is 1. The van der Waals surface area contributed by atoms with Crippen molar-refractivity contribution >= 4 is 17.6 Å². The average Bonchev–Trinajstić information content (AvgIpc) is 3.48. The maximum Gasteiger partial charge on any atom is 0.338 e. The molecule has 182 valence electrons. The number of aromatic amines is 1. The molecule has 1 aliphatic heterocycles. The molecule has 1 amide bonds. The van der Waals surface area contributed by atoms with Gasteiger partial charge in [0.15, 0.2) is 0 Å². The summed E-state index contributed by atoms with van der Waals surface area (Å²) < 4.78 is 16.2. The first-order valence-corrected chi connectivity index (χ1v) is 11.5. The van der Waals surface area contributed by atoms with Gasteiger partial charge in [0.25, 0.3) is 5.91 Å². The average molecular weight is 484 g/mol.